The van der Waals surface area contributed by atoms with Crippen LogP contribution in [0, 0.1) is 6.92 Å². The summed E-state index contributed by atoms with van der Waals surface area (Å²) < 4.78 is 5.36. The van der Waals surface area contributed by atoms with Gasteiger partial charge in [-0.2, -0.15) is 0 Å². The average Bonchev–Trinajstić information content (AvgIpc) is 3.27. The van der Waals surface area contributed by atoms with Crippen LogP contribution in [0.2, 0.25) is 0 Å². The number of fused-ring (bicyclic) bond motifs is 1. The van der Waals surface area contributed by atoms with Crippen LogP contribution in [-0.4, -0.2) is 11.8 Å². The van der Waals surface area contributed by atoms with Gasteiger partial charge in [0.15, 0.2) is 0 Å². The normalized spacial score (nSPS) is 15.9. The van der Waals surface area contributed by atoms with Crippen molar-refractivity contribution in [2.45, 2.75) is 32.2 Å². The first kappa shape index (κ1) is 19.7. The Morgan fingerprint density at radius 1 is 1.03 bits per heavy atom. The van der Waals surface area contributed by atoms with Crippen LogP contribution < -0.4 is 10.6 Å². The lowest BCUT2D eigenvalue weighted by atomic mass is 9.87. The second kappa shape index (κ2) is 8.82. The van der Waals surface area contributed by atoms with Gasteiger partial charge in [0.25, 0.3) is 11.8 Å². The summed E-state index contributed by atoms with van der Waals surface area (Å²) >= 11 is 0. The molecule has 2 aromatic carbocycles. The summed E-state index contributed by atoms with van der Waals surface area (Å²) in [6.45, 7) is 1.96. The Morgan fingerprint density at radius 2 is 1.83 bits per heavy atom. The monoisotopic (exact) mass is 400 g/mol. The van der Waals surface area contributed by atoms with E-state index >= 15 is 0 Å². The van der Waals surface area contributed by atoms with Crippen LogP contribution in [0.5, 0.6) is 0 Å². The third-order valence-electron chi connectivity index (χ3n) is 5.31. The number of benzene rings is 2. The number of rotatable bonds is 5. The quantitative estimate of drug-likeness (QED) is 0.617. The van der Waals surface area contributed by atoms with E-state index in [9.17, 15) is 9.59 Å². The van der Waals surface area contributed by atoms with E-state index in [1.165, 1.54) is 11.8 Å². The van der Waals surface area contributed by atoms with Crippen LogP contribution in [0.25, 0.3) is 6.08 Å². The molecule has 0 bridgehead atoms. The van der Waals surface area contributed by atoms with Crippen LogP contribution in [0.4, 0.5) is 0 Å². The number of amides is 2. The summed E-state index contributed by atoms with van der Waals surface area (Å²) in [6.07, 6.45) is 5.97. The van der Waals surface area contributed by atoms with Gasteiger partial charge in [0.2, 0.25) is 0 Å². The van der Waals surface area contributed by atoms with Crippen molar-refractivity contribution >= 4 is 17.9 Å². The molecule has 1 heterocycles. The number of hydrogen-bond donors (Lipinski definition) is 2. The van der Waals surface area contributed by atoms with Crippen molar-refractivity contribution in [1.29, 1.82) is 0 Å². The van der Waals surface area contributed by atoms with Gasteiger partial charge in [-0.05, 0) is 61.6 Å². The minimum atomic E-state index is -0.341. The second-order valence-electron chi connectivity index (χ2n) is 7.51. The van der Waals surface area contributed by atoms with Crippen molar-refractivity contribution in [3.8, 4) is 0 Å². The molecule has 1 aromatic heterocycles. The van der Waals surface area contributed by atoms with E-state index < -0.39 is 0 Å². The number of carbonyl (C=O) groups excluding carboxylic acids is 2. The van der Waals surface area contributed by atoms with Gasteiger partial charge < -0.3 is 15.1 Å². The van der Waals surface area contributed by atoms with E-state index in [-0.39, 0.29) is 23.6 Å². The van der Waals surface area contributed by atoms with Gasteiger partial charge >= 0.3 is 0 Å². The maximum absolute atomic E-state index is 13.1. The van der Waals surface area contributed by atoms with Crippen LogP contribution in [0.15, 0.2) is 77.0 Å². The number of aryl methyl sites for hydroxylation is 2. The maximum Gasteiger partial charge on any atom is 0.268 e. The Labute approximate surface area is 175 Å². The summed E-state index contributed by atoms with van der Waals surface area (Å²) in [4.78, 5) is 25.9. The standard InChI is InChI=1S/C25H24N2O3/c1-17-11-13-19(14-12-17)24(28)27-23(16-20-8-5-15-30-20)25(29)26-22-10-4-7-18-6-2-3-9-21(18)22/h2-3,5-6,8-9,11-16,22H,4,7,10H2,1H3,(H,26,29)(H,27,28)/b23-16-. The smallest absolute Gasteiger partial charge is 0.268 e. The molecular formula is C25H24N2O3. The first-order valence-electron chi connectivity index (χ1n) is 10.1. The predicted molar refractivity (Wildman–Crippen MR) is 116 cm³/mol. The molecule has 1 unspecified atom stereocenters. The molecule has 3 aromatic rings. The minimum Gasteiger partial charge on any atom is -0.465 e. The predicted octanol–water partition coefficient (Wildman–Crippen LogP) is 4.55. The summed E-state index contributed by atoms with van der Waals surface area (Å²) in [7, 11) is 0. The molecule has 0 saturated carbocycles. The lowest BCUT2D eigenvalue weighted by molar-refractivity contribution is -0.118. The first-order valence-corrected chi connectivity index (χ1v) is 10.1. The first-order chi connectivity index (χ1) is 14.6. The third-order valence-corrected chi connectivity index (χ3v) is 5.31. The van der Waals surface area contributed by atoms with Crippen molar-refractivity contribution in [1.82, 2.24) is 10.6 Å². The lowest BCUT2D eigenvalue weighted by Crippen LogP contribution is -2.37. The topological polar surface area (TPSA) is 71.3 Å². The third kappa shape index (κ3) is 4.51. The van der Waals surface area contributed by atoms with E-state index in [0.29, 0.717) is 11.3 Å². The zero-order valence-electron chi connectivity index (χ0n) is 16.9. The fourth-order valence-corrected chi connectivity index (χ4v) is 3.71. The molecule has 2 N–H and O–H groups in total. The Morgan fingerprint density at radius 3 is 2.60 bits per heavy atom. The largest absolute Gasteiger partial charge is 0.465 e. The molecule has 30 heavy (non-hydrogen) atoms. The minimum absolute atomic E-state index is 0.0845. The Balaban J connectivity index is 1.56. The molecule has 4 rings (SSSR count). The van der Waals surface area contributed by atoms with Crippen molar-refractivity contribution in [3.63, 3.8) is 0 Å². The van der Waals surface area contributed by atoms with Crippen LogP contribution in [0.3, 0.4) is 0 Å². The Hall–Kier alpha value is -3.60. The highest BCUT2D eigenvalue weighted by atomic mass is 16.3. The molecule has 1 aliphatic rings. The summed E-state index contributed by atoms with van der Waals surface area (Å²) in [5, 5.41) is 5.84. The maximum atomic E-state index is 13.1. The molecule has 0 saturated heterocycles. The van der Waals surface area contributed by atoms with Gasteiger partial charge in [0.1, 0.15) is 11.5 Å². The van der Waals surface area contributed by atoms with E-state index in [2.05, 4.69) is 22.8 Å². The van der Waals surface area contributed by atoms with Crippen molar-refractivity contribution in [2.75, 3.05) is 0 Å². The van der Waals surface area contributed by atoms with E-state index in [1.807, 2.05) is 31.2 Å². The van der Waals surface area contributed by atoms with E-state index in [1.54, 1.807) is 30.3 Å². The zero-order chi connectivity index (χ0) is 20.9. The fraction of sp³-hybridized carbons (Fsp3) is 0.200. The second-order valence-corrected chi connectivity index (χ2v) is 7.51. The van der Waals surface area contributed by atoms with E-state index in [4.69, 9.17) is 4.42 Å². The van der Waals surface area contributed by atoms with Gasteiger partial charge in [-0.15, -0.1) is 0 Å². The molecule has 1 atom stereocenters. The molecule has 0 fully saturated rings. The average molecular weight is 400 g/mol. The van der Waals surface area contributed by atoms with Gasteiger partial charge in [0, 0.05) is 11.6 Å². The molecule has 0 radical (unpaired) electrons. The molecule has 2 amide bonds. The molecule has 0 aliphatic heterocycles. The molecule has 152 valence electrons. The van der Waals surface area contributed by atoms with Crippen molar-refractivity contribution < 1.29 is 14.0 Å². The van der Waals surface area contributed by atoms with Crippen LogP contribution in [0.1, 0.15) is 51.7 Å². The van der Waals surface area contributed by atoms with Gasteiger partial charge in [-0.25, -0.2) is 0 Å². The molecule has 1 aliphatic carbocycles. The lowest BCUT2D eigenvalue weighted by Gasteiger charge is -2.26. The molecule has 5 heteroatoms. The van der Waals surface area contributed by atoms with Crippen molar-refractivity contribution in [2.24, 2.45) is 0 Å². The number of nitrogens with one attached hydrogen (secondary N) is 2. The molecule has 5 nitrogen and oxygen atoms in total. The number of furan rings is 1. The van der Waals surface area contributed by atoms with Crippen LogP contribution >= 0.6 is 0 Å². The highest BCUT2D eigenvalue weighted by Crippen LogP contribution is 2.29. The summed E-state index contributed by atoms with van der Waals surface area (Å²) in [5.74, 6) is -0.186. The SMILES string of the molecule is Cc1ccc(C(=O)N/C(=C\c2ccco2)C(=O)NC2CCCc3ccccc32)cc1. The fourth-order valence-electron chi connectivity index (χ4n) is 3.71. The Bertz CT molecular complexity index is 1070. The van der Waals surface area contributed by atoms with E-state index in [0.717, 1.165) is 30.4 Å². The highest BCUT2D eigenvalue weighted by Gasteiger charge is 2.24. The number of carbonyl (C=O) groups is 2. The molecular weight excluding hydrogens is 376 g/mol. The summed E-state index contributed by atoms with van der Waals surface area (Å²) in [6, 6.07) is 18.8. The molecule has 0 spiro atoms. The Kier molecular flexibility index (Phi) is 5.80. The van der Waals surface area contributed by atoms with Gasteiger partial charge in [-0.1, -0.05) is 42.0 Å². The summed E-state index contributed by atoms with van der Waals surface area (Å²) in [5.41, 5.74) is 4.10. The van der Waals surface area contributed by atoms with Crippen LogP contribution in [-0.2, 0) is 11.2 Å². The van der Waals surface area contributed by atoms with Gasteiger partial charge in [0.05, 0.1) is 12.3 Å². The highest BCUT2D eigenvalue weighted by molar-refractivity contribution is 6.05. The number of hydrogen-bond acceptors (Lipinski definition) is 3. The van der Waals surface area contributed by atoms with Crippen molar-refractivity contribution in [3.05, 3.63) is 101 Å². The zero-order valence-corrected chi connectivity index (χ0v) is 16.9. The van der Waals surface area contributed by atoms with Gasteiger partial charge in [-0.3, -0.25) is 9.59 Å².